The lowest BCUT2D eigenvalue weighted by atomic mass is 10.2. The molecule has 0 unspecified atom stereocenters. The summed E-state index contributed by atoms with van der Waals surface area (Å²) in [5.41, 5.74) is 0. The fraction of sp³-hybridized carbons (Fsp3) is 0.500. The maximum Gasteiger partial charge on any atom is 0.221 e. The molecule has 0 fully saturated rings. The van der Waals surface area contributed by atoms with Gasteiger partial charge in [-0.15, -0.1) is 0 Å². The molecule has 1 aromatic rings. The Morgan fingerprint density at radius 1 is 1.64 bits per heavy atom. The van der Waals surface area contributed by atoms with Crippen LogP contribution in [0.4, 0.5) is 0 Å². The third-order valence-electron chi connectivity index (χ3n) is 2.05. The summed E-state index contributed by atoms with van der Waals surface area (Å²) in [5, 5.41) is 5.77. The Hall–Kier alpha value is -1.29. The van der Waals surface area contributed by atoms with Crippen molar-refractivity contribution in [3.63, 3.8) is 0 Å². The molecule has 78 valence electrons. The highest BCUT2D eigenvalue weighted by Crippen LogP contribution is 2.11. The van der Waals surface area contributed by atoms with E-state index in [1.165, 1.54) is 0 Å². The van der Waals surface area contributed by atoms with Crippen molar-refractivity contribution in [3.05, 3.63) is 24.2 Å². The lowest BCUT2D eigenvalue weighted by Gasteiger charge is -2.10. The largest absolute Gasteiger partial charge is 0.468 e. The summed E-state index contributed by atoms with van der Waals surface area (Å²) in [6.07, 6.45) is 2.13. The van der Waals surface area contributed by atoms with Crippen LogP contribution in [-0.2, 0) is 4.79 Å². The van der Waals surface area contributed by atoms with Gasteiger partial charge in [-0.1, -0.05) is 0 Å². The number of furan rings is 1. The van der Waals surface area contributed by atoms with E-state index in [4.69, 9.17) is 4.42 Å². The number of nitrogens with one attached hydrogen (secondary N) is 2. The molecule has 0 saturated carbocycles. The lowest BCUT2D eigenvalue weighted by molar-refractivity contribution is -0.120. The van der Waals surface area contributed by atoms with Crippen molar-refractivity contribution in [3.8, 4) is 0 Å². The molecule has 1 rings (SSSR count). The van der Waals surface area contributed by atoms with E-state index in [1.54, 1.807) is 13.3 Å². The first-order valence-electron chi connectivity index (χ1n) is 4.71. The van der Waals surface area contributed by atoms with Gasteiger partial charge in [0, 0.05) is 20.0 Å². The van der Waals surface area contributed by atoms with Crippen molar-refractivity contribution in [1.82, 2.24) is 10.6 Å². The molecular weight excluding hydrogens is 180 g/mol. The van der Waals surface area contributed by atoms with Gasteiger partial charge in [-0.3, -0.25) is 4.79 Å². The van der Waals surface area contributed by atoms with E-state index in [-0.39, 0.29) is 11.9 Å². The zero-order valence-electron chi connectivity index (χ0n) is 8.54. The van der Waals surface area contributed by atoms with E-state index in [0.29, 0.717) is 13.0 Å². The van der Waals surface area contributed by atoms with Gasteiger partial charge < -0.3 is 15.1 Å². The van der Waals surface area contributed by atoms with Crippen LogP contribution in [0, 0.1) is 0 Å². The van der Waals surface area contributed by atoms with Crippen molar-refractivity contribution in [2.24, 2.45) is 0 Å². The smallest absolute Gasteiger partial charge is 0.221 e. The predicted molar refractivity (Wildman–Crippen MR) is 53.8 cm³/mol. The van der Waals surface area contributed by atoms with Crippen LogP contribution < -0.4 is 10.6 Å². The number of hydrogen-bond donors (Lipinski definition) is 2. The summed E-state index contributed by atoms with van der Waals surface area (Å²) in [6, 6.07) is 3.92. The van der Waals surface area contributed by atoms with Gasteiger partial charge in [-0.2, -0.15) is 0 Å². The minimum absolute atomic E-state index is 0.0455. The van der Waals surface area contributed by atoms with Gasteiger partial charge in [-0.05, 0) is 19.1 Å². The standard InChI is InChI=1S/C10H16N2O2/c1-8(9-4-3-7-14-9)12-6-5-10(13)11-2/h3-4,7-8,12H,5-6H2,1-2H3,(H,11,13)/t8-/m0/s1. The summed E-state index contributed by atoms with van der Waals surface area (Å²) in [6.45, 7) is 2.66. The van der Waals surface area contributed by atoms with Crippen molar-refractivity contribution >= 4 is 5.91 Å². The van der Waals surface area contributed by atoms with Crippen LogP contribution in [0.5, 0.6) is 0 Å². The van der Waals surface area contributed by atoms with Crippen LogP contribution in [-0.4, -0.2) is 19.5 Å². The van der Waals surface area contributed by atoms with Gasteiger partial charge in [0.25, 0.3) is 0 Å². The average Bonchev–Trinajstić information content (AvgIpc) is 2.70. The highest BCUT2D eigenvalue weighted by Gasteiger charge is 2.07. The molecule has 4 nitrogen and oxygen atoms in total. The van der Waals surface area contributed by atoms with Crippen molar-refractivity contribution in [2.75, 3.05) is 13.6 Å². The Kier molecular flexibility index (Phi) is 4.19. The maximum absolute atomic E-state index is 10.9. The zero-order chi connectivity index (χ0) is 10.4. The Bertz CT molecular complexity index is 270. The summed E-state index contributed by atoms with van der Waals surface area (Å²) in [7, 11) is 1.64. The minimum atomic E-state index is 0.0455. The van der Waals surface area contributed by atoms with Crippen molar-refractivity contribution < 1.29 is 9.21 Å². The Labute approximate surface area is 83.7 Å². The van der Waals surface area contributed by atoms with Crippen molar-refractivity contribution in [1.29, 1.82) is 0 Å². The second-order valence-electron chi connectivity index (χ2n) is 3.11. The number of rotatable bonds is 5. The van der Waals surface area contributed by atoms with Crippen LogP contribution in [0.3, 0.4) is 0 Å². The van der Waals surface area contributed by atoms with E-state index >= 15 is 0 Å². The number of amides is 1. The first-order chi connectivity index (χ1) is 6.74. The molecule has 1 atom stereocenters. The summed E-state index contributed by atoms with van der Waals surface area (Å²) >= 11 is 0. The van der Waals surface area contributed by atoms with Crippen LogP contribution in [0.2, 0.25) is 0 Å². The molecule has 0 bridgehead atoms. The maximum atomic E-state index is 10.9. The third-order valence-corrected chi connectivity index (χ3v) is 2.05. The number of carbonyl (C=O) groups excluding carboxylic acids is 1. The molecule has 1 heterocycles. The lowest BCUT2D eigenvalue weighted by Crippen LogP contribution is -2.26. The molecule has 0 aromatic carbocycles. The second kappa shape index (κ2) is 5.44. The first kappa shape index (κ1) is 10.8. The highest BCUT2D eigenvalue weighted by atomic mass is 16.3. The van der Waals surface area contributed by atoms with E-state index in [1.807, 2.05) is 19.1 Å². The molecule has 0 radical (unpaired) electrons. The topological polar surface area (TPSA) is 54.3 Å². The summed E-state index contributed by atoms with van der Waals surface area (Å²) in [4.78, 5) is 10.9. The SMILES string of the molecule is CNC(=O)CCN[C@@H](C)c1ccco1. The average molecular weight is 196 g/mol. The molecule has 0 spiro atoms. The monoisotopic (exact) mass is 196 g/mol. The quantitative estimate of drug-likeness (QED) is 0.740. The molecule has 1 amide bonds. The van der Waals surface area contributed by atoms with Gasteiger partial charge >= 0.3 is 0 Å². The number of carbonyl (C=O) groups is 1. The first-order valence-corrected chi connectivity index (χ1v) is 4.71. The van der Waals surface area contributed by atoms with Gasteiger partial charge in [0.1, 0.15) is 5.76 Å². The molecular formula is C10H16N2O2. The third kappa shape index (κ3) is 3.22. The summed E-state index contributed by atoms with van der Waals surface area (Å²) < 4.78 is 5.22. The van der Waals surface area contributed by atoms with E-state index < -0.39 is 0 Å². The summed E-state index contributed by atoms with van der Waals surface area (Å²) in [5.74, 6) is 0.936. The molecule has 0 aliphatic heterocycles. The Morgan fingerprint density at radius 3 is 3.00 bits per heavy atom. The van der Waals surface area contributed by atoms with Gasteiger partial charge in [0.15, 0.2) is 0 Å². The molecule has 0 aliphatic carbocycles. The normalized spacial score (nSPS) is 12.4. The molecule has 2 N–H and O–H groups in total. The molecule has 4 heteroatoms. The highest BCUT2D eigenvalue weighted by molar-refractivity contribution is 5.75. The Morgan fingerprint density at radius 2 is 2.43 bits per heavy atom. The Balaban J connectivity index is 2.22. The van der Waals surface area contributed by atoms with Crippen LogP contribution in [0.15, 0.2) is 22.8 Å². The van der Waals surface area contributed by atoms with Crippen LogP contribution in [0.1, 0.15) is 25.1 Å². The second-order valence-corrected chi connectivity index (χ2v) is 3.11. The van der Waals surface area contributed by atoms with Gasteiger partial charge in [-0.25, -0.2) is 0 Å². The fourth-order valence-corrected chi connectivity index (χ4v) is 1.17. The number of hydrogen-bond acceptors (Lipinski definition) is 3. The molecule has 14 heavy (non-hydrogen) atoms. The zero-order valence-corrected chi connectivity index (χ0v) is 8.54. The minimum Gasteiger partial charge on any atom is -0.468 e. The van der Waals surface area contributed by atoms with Gasteiger partial charge in [0.05, 0.1) is 12.3 Å². The van der Waals surface area contributed by atoms with Crippen LogP contribution in [0.25, 0.3) is 0 Å². The van der Waals surface area contributed by atoms with Crippen molar-refractivity contribution in [2.45, 2.75) is 19.4 Å². The predicted octanol–water partition coefficient (Wildman–Crippen LogP) is 1.07. The molecule has 0 saturated heterocycles. The van der Waals surface area contributed by atoms with Gasteiger partial charge in [0.2, 0.25) is 5.91 Å². The molecule has 0 aliphatic rings. The van der Waals surface area contributed by atoms with E-state index in [0.717, 1.165) is 5.76 Å². The van der Waals surface area contributed by atoms with E-state index in [2.05, 4.69) is 10.6 Å². The van der Waals surface area contributed by atoms with E-state index in [9.17, 15) is 4.79 Å². The fourth-order valence-electron chi connectivity index (χ4n) is 1.17. The van der Waals surface area contributed by atoms with Crippen LogP contribution >= 0.6 is 0 Å². The molecule has 1 aromatic heterocycles.